The van der Waals surface area contributed by atoms with E-state index in [1.807, 2.05) is 6.07 Å². The first kappa shape index (κ1) is 33.3. The average Bonchev–Trinajstić information content (AvgIpc) is 2.99. The molecule has 9 nitrogen and oxygen atoms in total. The quantitative estimate of drug-likeness (QED) is 0.174. The van der Waals surface area contributed by atoms with E-state index in [0.29, 0.717) is 34.7 Å². The van der Waals surface area contributed by atoms with Crippen molar-refractivity contribution in [1.82, 2.24) is 14.7 Å². The van der Waals surface area contributed by atoms with Crippen molar-refractivity contribution in [2.24, 2.45) is 11.0 Å². The maximum atomic E-state index is 13.3. The van der Waals surface area contributed by atoms with Gasteiger partial charge in [-0.2, -0.15) is 27.8 Å². The summed E-state index contributed by atoms with van der Waals surface area (Å²) in [6, 6.07) is 13.7. The summed E-state index contributed by atoms with van der Waals surface area (Å²) in [6.07, 6.45) is -2.59. The number of amides is 1. The Morgan fingerprint density at radius 3 is 2.52 bits per heavy atom. The molecule has 1 N–H and O–H groups in total. The Bertz CT molecular complexity index is 1700. The van der Waals surface area contributed by atoms with E-state index in [2.05, 4.69) is 15.5 Å². The topological polar surface area (TPSA) is 125 Å². The van der Waals surface area contributed by atoms with Crippen LogP contribution in [0.3, 0.4) is 0 Å². The van der Waals surface area contributed by atoms with Gasteiger partial charge in [0, 0.05) is 35.3 Å². The van der Waals surface area contributed by atoms with Crippen molar-refractivity contribution in [2.45, 2.75) is 41.6 Å². The number of nitriles is 1. The molecule has 3 aromatic rings. The highest BCUT2D eigenvalue weighted by atomic mass is 35.5. The van der Waals surface area contributed by atoms with Crippen molar-refractivity contribution < 1.29 is 31.1 Å². The molecule has 1 fully saturated rings. The maximum absolute atomic E-state index is 13.3. The lowest BCUT2D eigenvalue weighted by molar-refractivity contribution is -0.141. The zero-order valence-electron chi connectivity index (χ0n) is 23.6. The second-order valence-electron chi connectivity index (χ2n) is 9.84. The van der Waals surface area contributed by atoms with Crippen molar-refractivity contribution >= 4 is 45.5 Å². The molecule has 0 atom stereocenters. The van der Waals surface area contributed by atoms with Gasteiger partial charge in [-0.25, -0.2) is 18.8 Å². The van der Waals surface area contributed by atoms with Crippen molar-refractivity contribution in [3.8, 4) is 11.8 Å². The summed E-state index contributed by atoms with van der Waals surface area (Å²) in [4.78, 5) is 16.5. The Morgan fingerprint density at radius 2 is 1.91 bits per heavy atom. The summed E-state index contributed by atoms with van der Waals surface area (Å²) in [5.41, 5.74) is 2.86. The summed E-state index contributed by atoms with van der Waals surface area (Å²) >= 11 is 6.83. The molecule has 44 heavy (non-hydrogen) atoms. The Kier molecular flexibility index (Phi) is 10.6. The van der Waals surface area contributed by atoms with Crippen LogP contribution in [0.1, 0.15) is 40.8 Å². The zero-order valence-corrected chi connectivity index (χ0v) is 25.9. The van der Waals surface area contributed by atoms with Crippen LogP contribution in [0.2, 0.25) is 5.02 Å². The molecular weight excluding hydrogens is 639 g/mol. The minimum absolute atomic E-state index is 0.0415. The molecule has 2 aromatic carbocycles. The second kappa shape index (κ2) is 14.0. The number of hydrogen-bond acceptors (Lipinski definition) is 8. The van der Waals surface area contributed by atoms with Gasteiger partial charge in [0.05, 0.1) is 23.8 Å². The number of hydrogen-bond donors (Lipinski definition) is 1. The molecule has 15 heteroatoms. The molecule has 4 rings (SSSR count). The number of aromatic nitrogens is 1. The summed E-state index contributed by atoms with van der Waals surface area (Å²) < 4.78 is 72.4. The number of sulfonamides is 1. The largest absolute Gasteiger partial charge is 0.496 e. The number of ether oxygens (including phenoxy) is 1. The molecule has 0 spiro atoms. The van der Waals surface area contributed by atoms with Crippen LogP contribution in [0.4, 0.5) is 13.2 Å². The van der Waals surface area contributed by atoms with Crippen molar-refractivity contribution in [3.63, 3.8) is 0 Å². The Labute approximate surface area is 262 Å². The Balaban J connectivity index is 1.38. The maximum Gasteiger partial charge on any atom is 0.433 e. The number of aryl methyl sites for hydroxylation is 1. The average molecular weight is 666 g/mol. The van der Waals surface area contributed by atoms with E-state index in [1.54, 1.807) is 18.2 Å². The highest BCUT2D eigenvalue weighted by molar-refractivity contribution is 7.98. The van der Waals surface area contributed by atoms with E-state index >= 15 is 0 Å². The van der Waals surface area contributed by atoms with E-state index in [4.69, 9.17) is 16.3 Å². The van der Waals surface area contributed by atoms with Crippen LogP contribution in [-0.2, 0) is 26.7 Å². The van der Waals surface area contributed by atoms with Gasteiger partial charge in [-0.3, -0.25) is 4.79 Å². The number of nitrogens with zero attached hydrogens (tertiary/aromatic N) is 4. The van der Waals surface area contributed by atoms with E-state index < -0.39 is 27.8 Å². The van der Waals surface area contributed by atoms with E-state index in [1.165, 1.54) is 48.8 Å². The molecule has 232 valence electrons. The van der Waals surface area contributed by atoms with Gasteiger partial charge >= 0.3 is 6.18 Å². The highest BCUT2D eigenvalue weighted by Crippen LogP contribution is 2.35. The van der Waals surface area contributed by atoms with E-state index in [9.17, 15) is 31.6 Å². The summed E-state index contributed by atoms with van der Waals surface area (Å²) in [5, 5.41) is 13.9. The van der Waals surface area contributed by atoms with Crippen LogP contribution in [0.5, 0.6) is 5.75 Å². The SMILES string of the molecule is COc1ccc(/C=N\NC(=O)C2CCN(S(=O)(=O)c3ccc(Cl)cc3)CC2)cc1CSc1nc(C(F)(F)F)cc(C)c1C#N. The molecule has 1 saturated heterocycles. The number of hydrazone groups is 1. The molecule has 1 aliphatic rings. The van der Waals surface area contributed by atoms with Crippen LogP contribution in [0.15, 0.2) is 63.6 Å². The lowest BCUT2D eigenvalue weighted by atomic mass is 9.98. The fourth-order valence-corrected chi connectivity index (χ4v) is 7.17. The number of piperidine rings is 1. The number of nitrogens with one attached hydrogen (secondary N) is 1. The molecular formula is C29H27ClF3N5O4S2. The standard InChI is InChI=1S/C29H27ClF3N5O4S2/c1-18-13-26(29(31,32)33)36-28(24(18)15-34)43-17-21-14-19(3-8-25(21)42-2)16-35-37-27(39)20-9-11-38(12-10-20)44(40,41)23-6-4-22(30)5-7-23/h3-8,13-14,16,20H,9-12,17H2,1-2H3,(H,37,39)/b35-16-. The first-order chi connectivity index (χ1) is 20.8. The number of benzene rings is 2. The van der Waals surface area contributed by atoms with Gasteiger partial charge in [0.25, 0.3) is 0 Å². The number of alkyl halides is 3. The lowest BCUT2D eigenvalue weighted by Crippen LogP contribution is -2.42. The van der Waals surface area contributed by atoms with Gasteiger partial charge in [0.1, 0.15) is 22.5 Å². The number of methoxy groups -OCH3 is 1. The van der Waals surface area contributed by atoms with Crippen LogP contribution < -0.4 is 10.2 Å². The second-order valence-corrected chi connectivity index (χ2v) is 13.2. The molecule has 0 radical (unpaired) electrons. The molecule has 1 aromatic heterocycles. The molecule has 2 heterocycles. The monoisotopic (exact) mass is 665 g/mol. The number of rotatable bonds is 9. The molecule has 0 aliphatic carbocycles. The fourth-order valence-electron chi connectivity index (χ4n) is 4.54. The van der Waals surface area contributed by atoms with E-state index in [-0.39, 0.29) is 45.8 Å². The zero-order chi connectivity index (χ0) is 32.1. The summed E-state index contributed by atoms with van der Waals surface area (Å²) in [5.74, 6) is -0.147. The fraction of sp³-hybridized carbons (Fsp3) is 0.310. The van der Waals surface area contributed by atoms with Crippen molar-refractivity contribution in [2.75, 3.05) is 20.2 Å². The number of carbonyl (C=O) groups excluding carboxylic acids is 1. The normalized spacial score (nSPS) is 14.8. The Hall–Kier alpha value is -3.64. The third-order valence-corrected chi connectivity index (χ3v) is 10.1. The summed E-state index contributed by atoms with van der Waals surface area (Å²) in [7, 11) is -2.24. The number of thioether (sulfide) groups is 1. The van der Waals surface area contributed by atoms with Gasteiger partial charge in [0.2, 0.25) is 15.9 Å². The van der Waals surface area contributed by atoms with Gasteiger partial charge in [-0.05, 0) is 79.4 Å². The molecule has 0 bridgehead atoms. The first-order valence-electron chi connectivity index (χ1n) is 13.2. The van der Waals surface area contributed by atoms with Crippen LogP contribution in [0, 0.1) is 24.2 Å². The Morgan fingerprint density at radius 1 is 1.23 bits per heavy atom. The molecule has 0 saturated carbocycles. The van der Waals surface area contributed by atoms with Gasteiger partial charge in [0.15, 0.2) is 0 Å². The van der Waals surface area contributed by atoms with Crippen LogP contribution in [0.25, 0.3) is 0 Å². The molecule has 1 aliphatic heterocycles. The third kappa shape index (κ3) is 7.89. The van der Waals surface area contributed by atoms with Gasteiger partial charge in [-0.15, -0.1) is 11.8 Å². The van der Waals surface area contributed by atoms with Gasteiger partial charge in [-0.1, -0.05) is 11.6 Å². The minimum Gasteiger partial charge on any atom is -0.496 e. The van der Waals surface area contributed by atoms with Crippen LogP contribution >= 0.6 is 23.4 Å². The predicted octanol–water partition coefficient (Wildman–Crippen LogP) is 5.79. The van der Waals surface area contributed by atoms with Gasteiger partial charge < -0.3 is 4.74 Å². The summed E-state index contributed by atoms with van der Waals surface area (Å²) in [6.45, 7) is 1.79. The predicted molar refractivity (Wildman–Crippen MR) is 160 cm³/mol. The highest BCUT2D eigenvalue weighted by Gasteiger charge is 2.34. The van der Waals surface area contributed by atoms with Crippen LogP contribution in [-0.4, -0.2) is 50.0 Å². The third-order valence-electron chi connectivity index (χ3n) is 6.92. The smallest absolute Gasteiger partial charge is 0.433 e. The van der Waals surface area contributed by atoms with Crippen molar-refractivity contribution in [1.29, 1.82) is 5.26 Å². The lowest BCUT2D eigenvalue weighted by Gasteiger charge is -2.30. The molecule has 0 unspecified atom stereocenters. The number of carbonyl (C=O) groups is 1. The minimum atomic E-state index is -4.65. The first-order valence-corrected chi connectivity index (χ1v) is 16.0. The number of pyridine rings is 1. The number of halogens is 4. The van der Waals surface area contributed by atoms with E-state index in [0.717, 1.165) is 17.8 Å². The van der Waals surface area contributed by atoms with Crippen molar-refractivity contribution in [3.05, 3.63) is 81.5 Å². The molecule has 1 amide bonds.